The van der Waals surface area contributed by atoms with E-state index in [1.54, 1.807) is 18.5 Å². The van der Waals surface area contributed by atoms with Crippen molar-refractivity contribution in [2.45, 2.75) is 39.2 Å². The molecule has 0 fully saturated rings. The van der Waals surface area contributed by atoms with Crippen LogP contribution < -0.4 is 5.32 Å². The fraction of sp³-hybridized carbons (Fsp3) is 0.462. The number of aromatic nitrogens is 4. The van der Waals surface area contributed by atoms with E-state index in [1.807, 2.05) is 6.92 Å². The second-order valence-corrected chi connectivity index (χ2v) is 5.88. The maximum Gasteiger partial charge on any atom is 0.137 e. The number of hydrogen-bond acceptors (Lipinski definition) is 4. The van der Waals surface area contributed by atoms with Gasteiger partial charge < -0.3 is 10.3 Å². The molecule has 2 heterocycles. The van der Waals surface area contributed by atoms with Crippen molar-refractivity contribution >= 4 is 17.4 Å². The van der Waals surface area contributed by atoms with Crippen molar-refractivity contribution in [3.05, 3.63) is 35.3 Å². The summed E-state index contributed by atoms with van der Waals surface area (Å²) in [5, 5.41) is 3.71. The molecular weight excluding hydrogens is 262 g/mol. The lowest BCUT2D eigenvalue weighted by molar-refractivity contribution is 0.545. The molecule has 0 amide bonds. The summed E-state index contributed by atoms with van der Waals surface area (Å²) in [7, 11) is 0. The predicted octanol–water partition coefficient (Wildman–Crippen LogP) is 3.32. The van der Waals surface area contributed by atoms with Crippen LogP contribution in [0.4, 0.5) is 5.82 Å². The van der Waals surface area contributed by atoms with Crippen LogP contribution in [0, 0.1) is 0 Å². The van der Waals surface area contributed by atoms with E-state index in [9.17, 15) is 0 Å². The summed E-state index contributed by atoms with van der Waals surface area (Å²) in [6.45, 7) is 8.17. The smallest absolute Gasteiger partial charge is 0.137 e. The zero-order valence-electron chi connectivity index (χ0n) is 11.5. The van der Waals surface area contributed by atoms with Crippen molar-refractivity contribution in [2.75, 3.05) is 5.32 Å². The molecule has 2 aromatic rings. The Balaban J connectivity index is 2.23. The number of rotatable bonds is 3. The predicted molar refractivity (Wildman–Crippen MR) is 76.4 cm³/mol. The highest BCUT2D eigenvalue weighted by Gasteiger charge is 2.19. The third kappa shape index (κ3) is 3.44. The summed E-state index contributed by atoms with van der Waals surface area (Å²) in [5.41, 5.74) is -0.144. The maximum absolute atomic E-state index is 6.05. The van der Waals surface area contributed by atoms with Crippen LogP contribution in [-0.2, 0) is 5.41 Å². The SMILES string of the molecule is CC(Nc1cc(Cl)nc(C(C)(C)C)n1)c1ncc[nH]1. The van der Waals surface area contributed by atoms with Gasteiger partial charge in [0.25, 0.3) is 0 Å². The average molecular weight is 280 g/mol. The number of hydrogen-bond donors (Lipinski definition) is 2. The first kappa shape index (κ1) is 13.8. The Morgan fingerprint density at radius 2 is 2.05 bits per heavy atom. The van der Waals surface area contributed by atoms with Crippen LogP contribution in [0.5, 0.6) is 0 Å². The molecule has 0 aliphatic rings. The van der Waals surface area contributed by atoms with Gasteiger partial charge >= 0.3 is 0 Å². The van der Waals surface area contributed by atoms with E-state index in [0.717, 1.165) is 5.82 Å². The Bertz CT molecular complexity index is 545. The van der Waals surface area contributed by atoms with Gasteiger partial charge in [0.05, 0.1) is 6.04 Å². The molecule has 0 radical (unpaired) electrons. The van der Waals surface area contributed by atoms with E-state index >= 15 is 0 Å². The molecule has 0 saturated carbocycles. The topological polar surface area (TPSA) is 66.5 Å². The zero-order valence-corrected chi connectivity index (χ0v) is 12.3. The molecule has 1 unspecified atom stereocenters. The van der Waals surface area contributed by atoms with Gasteiger partial charge in [0.1, 0.15) is 22.6 Å². The highest BCUT2D eigenvalue weighted by molar-refractivity contribution is 6.29. The molecule has 0 aliphatic carbocycles. The van der Waals surface area contributed by atoms with E-state index in [2.05, 4.69) is 46.0 Å². The first-order chi connectivity index (χ1) is 8.86. The Hall–Kier alpha value is -1.62. The van der Waals surface area contributed by atoms with E-state index in [-0.39, 0.29) is 11.5 Å². The summed E-state index contributed by atoms with van der Waals surface area (Å²) in [4.78, 5) is 16.1. The van der Waals surface area contributed by atoms with Crippen LogP contribution in [-0.4, -0.2) is 19.9 Å². The Morgan fingerprint density at radius 3 is 2.63 bits per heavy atom. The molecule has 0 spiro atoms. The highest BCUT2D eigenvalue weighted by atomic mass is 35.5. The van der Waals surface area contributed by atoms with Crippen molar-refractivity contribution in [2.24, 2.45) is 0 Å². The lowest BCUT2D eigenvalue weighted by Crippen LogP contribution is -2.18. The molecule has 2 N–H and O–H groups in total. The minimum atomic E-state index is -0.144. The van der Waals surface area contributed by atoms with Crippen molar-refractivity contribution in [1.29, 1.82) is 0 Å². The van der Waals surface area contributed by atoms with Crippen LogP contribution >= 0.6 is 11.6 Å². The summed E-state index contributed by atoms with van der Waals surface area (Å²) in [6, 6.07) is 1.74. The Labute approximate surface area is 117 Å². The van der Waals surface area contributed by atoms with E-state index in [4.69, 9.17) is 11.6 Å². The summed E-state index contributed by atoms with van der Waals surface area (Å²) in [6.07, 6.45) is 3.52. The second-order valence-electron chi connectivity index (χ2n) is 5.49. The minimum Gasteiger partial charge on any atom is -0.360 e. The standard InChI is InChI=1S/C13H18ClN5/c1-8(11-15-5-6-16-11)17-10-7-9(14)18-12(19-10)13(2,3)4/h5-8H,1-4H3,(H,15,16)(H,17,18,19). The van der Waals surface area contributed by atoms with Crippen molar-refractivity contribution < 1.29 is 0 Å². The van der Waals surface area contributed by atoms with Gasteiger partial charge in [-0.3, -0.25) is 0 Å². The normalized spacial score (nSPS) is 13.3. The van der Waals surface area contributed by atoms with Gasteiger partial charge in [-0.2, -0.15) is 0 Å². The Morgan fingerprint density at radius 1 is 1.32 bits per heavy atom. The van der Waals surface area contributed by atoms with Crippen molar-refractivity contribution in [3.63, 3.8) is 0 Å². The monoisotopic (exact) mass is 279 g/mol. The lowest BCUT2D eigenvalue weighted by Gasteiger charge is -2.19. The number of H-pyrrole nitrogens is 1. The second kappa shape index (κ2) is 5.17. The number of nitrogens with one attached hydrogen (secondary N) is 2. The van der Waals surface area contributed by atoms with Gasteiger partial charge in [0.2, 0.25) is 0 Å². The molecule has 102 valence electrons. The molecule has 1 atom stereocenters. The van der Waals surface area contributed by atoms with Crippen LogP contribution in [0.15, 0.2) is 18.5 Å². The molecule has 5 nitrogen and oxygen atoms in total. The van der Waals surface area contributed by atoms with Gasteiger partial charge in [-0.05, 0) is 6.92 Å². The first-order valence-corrected chi connectivity index (χ1v) is 6.55. The molecule has 0 saturated heterocycles. The van der Waals surface area contributed by atoms with Gasteiger partial charge in [0.15, 0.2) is 0 Å². The van der Waals surface area contributed by atoms with E-state index in [0.29, 0.717) is 16.8 Å². The van der Waals surface area contributed by atoms with Crippen LogP contribution in [0.1, 0.15) is 45.4 Å². The van der Waals surface area contributed by atoms with Gasteiger partial charge in [-0.25, -0.2) is 15.0 Å². The molecule has 6 heteroatoms. The molecule has 19 heavy (non-hydrogen) atoms. The summed E-state index contributed by atoms with van der Waals surface area (Å²) >= 11 is 6.05. The molecule has 0 bridgehead atoms. The van der Waals surface area contributed by atoms with Crippen LogP contribution in [0.25, 0.3) is 0 Å². The van der Waals surface area contributed by atoms with Crippen LogP contribution in [0.3, 0.4) is 0 Å². The van der Waals surface area contributed by atoms with Gasteiger partial charge in [-0.1, -0.05) is 32.4 Å². The van der Waals surface area contributed by atoms with Crippen molar-refractivity contribution in [1.82, 2.24) is 19.9 Å². The van der Waals surface area contributed by atoms with Gasteiger partial charge in [-0.15, -0.1) is 0 Å². The number of aromatic amines is 1. The number of nitrogens with zero attached hydrogens (tertiary/aromatic N) is 3. The van der Waals surface area contributed by atoms with E-state index in [1.165, 1.54) is 0 Å². The largest absolute Gasteiger partial charge is 0.360 e. The fourth-order valence-electron chi connectivity index (χ4n) is 1.63. The first-order valence-electron chi connectivity index (χ1n) is 6.17. The average Bonchev–Trinajstić information content (AvgIpc) is 2.80. The van der Waals surface area contributed by atoms with Crippen molar-refractivity contribution in [3.8, 4) is 0 Å². The maximum atomic E-state index is 6.05. The summed E-state index contributed by atoms with van der Waals surface area (Å²) < 4.78 is 0. The molecule has 2 rings (SSSR count). The highest BCUT2D eigenvalue weighted by Crippen LogP contribution is 2.23. The zero-order chi connectivity index (χ0) is 14.0. The summed E-state index contributed by atoms with van der Waals surface area (Å²) in [5.74, 6) is 2.27. The molecule has 0 aromatic carbocycles. The lowest BCUT2D eigenvalue weighted by atomic mass is 9.96. The Kier molecular flexibility index (Phi) is 3.75. The van der Waals surface area contributed by atoms with Crippen LogP contribution in [0.2, 0.25) is 5.15 Å². The quantitative estimate of drug-likeness (QED) is 0.846. The van der Waals surface area contributed by atoms with Gasteiger partial charge in [0, 0.05) is 23.9 Å². The number of halogens is 1. The third-order valence-corrected chi connectivity index (χ3v) is 2.85. The van der Waals surface area contributed by atoms with E-state index < -0.39 is 0 Å². The third-order valence-electron chi connectivity index (χ3n) is 2.66. The number of imidazole rings is 1. The minimum absolute atomic E-state index is 0.0220. The molecular formula is C13H18ClN5. The molecule has 0 aliphatic heterocycles. The molecule has 2 aromatic heterocycles. The fourth-order valence-corrected chi connectivity index (χ4v) is 1.81. The number of anilines is 1.